The first-order valence-electron chi connectivity index (χ1n) is 7.33. The van der Waals surface area contributed by atoms with Crippen LogP contribution in [0.15, 0.2) is 24.3 Å². The van der Waals surface area contributed by atoms with Crippen molar-refractivity contribution >= 4 is 5.97 Å². The van der Waals surface area contributed by atoms with E-state index in [0.717, 1.165) is 5.56 Å². The van der Waals surface area contributed by atoms with E-state index in [1.807, 2.05) is 26.0 Å². The largest absolute Gasteiger partial charge is 0.481 e. The molecule has 0 saturated carbocycles. The van der Waals surface area contributed by atoms with Gasteiger partial charge in [-0.15, -0.1) is 0 Å². The van der Waals surface area contributed by atoms with Crippen molar-refractivity contribution in [2.75, 3.05) is 6.54 Å². The number of carbonyl (C=O) groups is 1. The van der Waals surface area contributed by atoms with Crippen LogP contribution >= 0.6 is 0 Å². The highest BCUT2D eigenvalue weighted by atomic mass is 16.4. The number of hydrogen-bond donors (Lipinski definition) is 2. The molecule has 0 aromatic heterocycles. The van der Waals surface area contributed by atoms with Gasteiger partial charge in [0, 0.05) is 6.54 Å². The second kappa shape index (κ2) is 6.89. The predicted molar refractivity (Wildman–Crippen MR) is 82.8 cm³/mol. The topological polar surface area (TPSA) is 63.3 Å². The number of nitrogens with two attached hydrogens (primary N) is 1. The van der Waals surface area contributed by atoms with Crippen LogP contribution in [0.3, 0.4) is 0 Å². The standard InChI is InChI=1S/C17H27NO2/c1-12(2)9-17(11-18,16(19)20)10-14-5-7-15(8-6-14)13(3)4/h5-8,12-13H,9-11,18H2,1-4H3,(H,19,20). The van der Waals surface area contributed by atoms with Gasteiger partial charge in [-0.3, -0.25) is 4.79 Å². The van der Waals surface area contributed by atoms with Gasteiger partial charge in [0.1, 0.15) is 0 Å². The van der Waals surface area contributed by atoms with Crippen molar-refractivity contribution < 1.29 is 9.90 Å². The van der Waals surface area contributed by atoms with Crippen molar-refractivity contribution in [2.45, 2.75) is 46.5 Å². The fourth-order valence-electron chi connectivity index (χ4n) is 2.67. The average molecular weight is 277 g/mol. The minimum absolute atomic E-state index is 0.173. The van der Waals surface area contributed by atoms with Crippen molar-refractivity contribution in [3.8, 4) is 0 Å². The normalized spacial score (nSPS) is 14.6. The third-order valence-electron chi connectivity index (χ3n) is 3.83. The Balaban J connectivity index is 2.97. The van der Waals surface area contributed by atoms with E-state index in [9.17, 15) is 9.90 Å². The summed E-state index contributed by atoms with van der Waals surface area (Å²) in [7, 11) is 0. The van der Waals surface area contributed by atoms with E-state index < -0.39 is 11.4 Å². The van der Waals surface area contributed by atoms with Crippen LogP contribution in [0.25, 0.3) is 0 Å². The summed E-state index contributed by atoms with van der Waals surface area (Å²) in [6.45, 7) is 8.54. The van der Waals surface area contributed by atoms with Gasteiger partial charge in [0.05, 0.1) is 5.41 Å². The minimum Gasteiger partial charge on any atom is -0.481 e. The third-order valence-corrected chi connectivity index (χ3v) is 3.83. The van der Waals surface area contributed by atoms with Crippen molar-refractivity contribution in [2.24, 2.45) is 17.1 Å². The van der Waals surface area contributed by atoms with Gasteiger partial charge in [0.25, 0.3) is 0 Å². The summed E-state index contributed by atoms with van der Waals surface area (Å²) < 4.78 is 0. The van der Waals surface area contributed by atoms with Gasteiger partial charge in [-0.1, -0.05) is 52.0 Å². The maximum absolute atomic E-state index is 11.7. The van der Waals surface area contributed by atoms with Gasteiger partial charge in [-0.05, 0) is 35.8 Å². The Morgan fingerprint density at radius 3 is 2.10 bits per heavy atom. The van der Waals surface area contributed by atoms with Crippen molar-refractivity contribution in [3.63, 3.8) is 0 Å². The van der Waals surface area contributed by atoms with Crippen molar-refractivity contribution in [1.29, 1.82) is 0 Å². The lowest BCUT2D eigenvalue weighted by Gasteiger charge is -2.30. The van der Waals surface area contributed by atoms with Crippen LogP contribution < -0.4 is 5.73 Å². The van der Waals surface area contributed by atoms with Crippen molar-refractivity contribution in [3.05, 3.63) is 35.4 Å². The van der Waals surface area contributed by atoms with Crippen LogP contribution in [-0.4, -0.2) is 17.6 Å². The molecule has 0 aliphatic carbocycles. The molecular formula is C17H27NO2. The van der Waals surface area contributed by atoms with Gasteiger partial charge in [0.15, 0.2) is 0 Å². The quantitative estimate of drug-likeness (QED) is 0.802. The summed E-state index contributed by atoms with van der Waals surface area (Å²) in [5, 5.41) is 9.60. The second-order valence-corrected chi connectivity index (χ2v) is 6.46. The number of aliphatic carboxylic acids is 1. The lowest BCUT2D eigenvalue weighted by atomic mass is 9.75. The van der Waals surface area contributed by atoms with Crippen LogP contribution in [-0.2, 0) is 11.2 Å². The zero-order valence-corrected chi connectivity index (χ0v) is 13.0. The first-order chi connectivity index (χ1) is 9.30. The van der Waals surface area contributed by atoms with E-state index in [2.05, 4.69) is 26.0 Å². The number of carboxylic acid groups (broad SMARTS) is 1. The minimum atomic E-state index is -0.854. The summed E-state index contributed by atoms with van der Waals surface area (Å²) >= 11 is 0. The molecule has 1 aromatic rings. The van der Waals surface area contributed by atoms with Gasteiger partial charge in [0.2, 0.25) is 0 Å². The van der Waals surface area contributed by atoms with Crippen molar-refractivity contribution in [1.82, 2.24) is 0 Å². The highest BCUT2D eigenvalue weighted by Crippen LogP contribution is 2.31. The molecule has 0 radical (unpaired) electrons. The Kier molecular flexibility index (Phi) is 5.75. The Morgan fingerprint density at radius 2 is 1.75 bits per heavy atom. The summed E-state index contributed by atoms with van der Waals surface area (Å²) in [6, 6.07) is 8.23. The number of benzene rings is 1. The van der Waals surface area contributed by atoms with Gasteiger partial charge in [-0.25, -0.2) is 0 Å². The molecule has 1 unspecified atom stereocenters. The molecule has 0 aliphatic rings. The molecular weight excluding hydrogens is 250 g/mol. The van der Waals surface area contributed by atoms with E-state index in [0.29, 0.717) is 24.7 Å². The van der Waals surface area contributed by atoms with Crippen LogP contribution in [0.5, 0.6) is 0 Å². The molecule has 0 saturated heterocycles. The highest BCUT2D eigenvalue weighted by molar-refractivity contribution is 5.75. The average Bonchev–Trinajstić information content (AvgIpc) is 2.37. The first kappa shape index (κ1) is 16.7. The molecule has 0 spiro atoms. The molecule has 1 rings (SSSR count). The Morgan fingerprint density at radius 1 is 1.20 bits per heavy atom. The lowest BCUT2D eigenvalue weighted by Crippen LogP contribution is -2.41. The fraction of sp³-hybridized carbons (Fsp3) is 0.588. The summed E-state index contributed by atoms with van der Waals surface area (Å²) in [6.07, 6.45) is 1.10. The van der Waals surface area contributed by atoms with Crippen LogP contribution in [0.2, 0.25) is 0 Å². The fourth-order valence-corrected chi connectivity index (χ4v) is 2.67. The highest BCUT2D eigenvalue weighted by Gasteiger charge is 2.37. The molecule has 1 atom stereocenters. The summed E-state index contributed by atoms with van der Waals surface area (Å²) in [5.41, 5.74) is 7.26. The predicted octanol–water partition coefficient (Wildman–Crippen LogP) is 3.43. The molecule has 0 heterocycles. The molecule has 3 N–H and O–H groups in total. The smallest absolute Gasteiger partial charge is 0.311 e. The number of rotatable bonds is 7. The van der Waals surface area contributed by atoms with E-state index in [1.54, 1.807) is 0 Å². The molecule has 3 heteroatoms. The molecule has 1 aromatic carbocycles. The molecule has 0 bridgehead atoms. The molecule has 20 heavy (non-hydrogen) atoms. The van der Waals surface area contributed by atoms with Gasteiger partial charge < -0.3 is 10.8 Å². The SMILES string of the molecule is CC(C)CC(CN)(Cc1ccc(C(C)C)cc1)C(=O)O. The third kappa shape index (κ3) is 4.07. The Labute approximate surface area is 122 Å². The molecule has 3 nitrogen and oxygen atoms in total. The molecule has 0 aliphatic heterocycles. The summed E-state index contributed by atoms with van der Waals surface area (Å²) in [5.74, 6) is 0.00433. The lowest BCUT2D eigenvalue weighted by molar-refractivity contribution is -0.149. The molecule has 112 valence electrons. The first-order valence-corrected chi connectivity index (χ1v) is 7.33. The summed E-state index contributed by atoms with van der Waals surface area (Å²) in [4.78, 5) is 11.7. The van der Waals surface area contributed by atoms with E-state index >= 15 is 0 Å². The van der Waals surface area contributed by atoms with E-state index in [-0.39, 0.29) is 6.54 Å². The van der Waals surface area contributed by atoms with Crippen LogP contribution in [0.4, 0.5) is 0 Å². The van der Waals surface area contributed by atoms with Gasteiger partial charge in [-0.2, -0.15) is 0 Å². The second-order valence-electron chi connectivity index (χ2n) is 6.46. The monoisotopic (exact) mass is 277 g/mol. The number of hydrogen-bond acceptors (Lipinski definition) is 2. The molecule has 0 amide bonds. The van der Waals surface area contributed by atoms with Crippen LogP contribution in [0.1, 0.15) is 51.2 Å². The maximum atomic E-state index is 11.7. The van der Waals surface area contributed by atoms with E-state index in [4.69, 9.17) is 5.73 Å². The maximum Gasteiger partial charge on any atom is 0.311 e. The molecule has 0 fully saturated rings. The van der Waals surface area contributed by atoms with Crippen LogP contribution in [0, 0.1) is 11.3 Å². The zero-order valence-electron chi connectivity index (χ0n) is 13.0. The van der Waals surface area contributed by atoms with Gasteiger partial charge >= 0.3 is 5.97 Å². The van der Waals surface area contributed by atoms with E-state index in [1.165, 1.54) is 5.56 Å². The number of carboxylic acids is 1. The Hall–Kier alpha value is -1.35. The Bertz CT molecular complexity index is 437. The zero-order chi connectivity index (χ0) is 15.3.